The first-order valence-corrected chi connectivity index (χ1v) is 7.17. The largest absolute Gasteiger partial charge is 0.383 e. The summed E-state index contributed by atoms with van der Waals surface area (Å²) in [6, 6.07) is 0. The fourth-order valence-corrected chi connectivity index (χ4v) is 1.70. The molecule has 0 saturated carbocycles. The van der Waals surface area contributed by atoms with Crippen molar-refractivity contribution in [3.8, 4) is 0 Å². The van der Waals surface area contributed by atoms with Gasteiger partial charge in [-0.2, -0.15) is 0 Å². The molecule has 0 amide bonds. The van der Waals surface area contributed by atoms with Gasteiger partial charge in [0.05, 0.1) is 12.4 Å². The van der Waals surface area contributed by atoms with E-state index in [0.29, 0.717) is 32.1 Å². The minimum Gasteiger partial charge on any atom is -0.383 e. The number of nitrogens with zero attached hydrogens (tertiary/aromatic N) is 1. The van der Waals surface area contributed by atoms with Crippen molar-refractivity contribution < 1.29 is 13.2 Å². The first-order valence-electron chi connectivity index (χ1n) is 5.11. The highest BCUT2D eigenvalue weighted by atomic mass is 32.2. The molecule has 7 heteroatoms. The molecule has 0 aliphatic rings. The van der Waals surface area contributed by atoms with E-state index in [1.54, 1.807) is 14.2 Å². The van der Waals surface area contributed by atoms with E-state index in [-0.39, 0.29) is 5.75 Å². The predicted molar refractivity (Wildman–Crippen MR) is 65.6 cm³/mol. The summed E-state index contributed by atoms with van der Waals surface area (Å²) in [4.78, 5) is 3.98. The van der Waals surface area contributed by atoms with E-state index >= 15 is 0 Å². The number of nitrogens with one attached hydrogen (secondary N) is 2. The van der Waals surface area contributed by atoms with E-state index in [1.165, 1.54) is 6.26 Å². The summed E-state index contributed by atoms with van der Waals surface area (Å²) in [7, 11) is 0.424. The molecule has 0 aromatic rings. The van der Waals surface area contributed by atoms with Crippen molar-refractivity contribution >= 4 is 15.8 Å². The Kier molecular flexibility index (Phi) is 7.92. The van der Waals surface area contributed by atoms with E-state index in [4.69, 9.17) is 4.74 Å². The molecule has 0 aliphatic heterocycles. The van der Waals surface area contributed by atoms with Gasteiger partial charge >= 0.3 is 0 Å². The average molecular weight is 251 g/mol. The summed E-state index contributed by atoms with van der Waals surface area (Å²) in [5, 5.41) is 6.05. The van der Waals surface area contributed by atoms with Crippen LogP contribution in [0.15, 0.2) is 4.99 Å². The molecule has 0 fully saturated rings. The molecule has 6 nitrogen and oxygen atoms in total. The highest BCUT2D eigenvalue weighted by Crippen LogP contribution is 1.86. The Morgan fingerprint density at radius 2 is 1.94 bits per heavy atom. The molecule has 96 valence electrons. The second-order valence-electron chi connectivity index (χ2n) is 3.40. The maximum Gasteiger partial charge on any atom is 0.191 e. The summed E-state index contributed by atoms with van der Waals surface area (Å²) >= 11 is 0. The van der Waals surface area contributed by atoms with Gasteiger partial charge in [-0.25, -0.2) is 8.42 Å². The zero-order valence-corrected chi connectivity index (χ0v) is 10.9. The van der Waals surface area contributed by atoms with E-state index in [0.717, 1.165) is 0 Å². The minimum absolute atomic E-state index is 0.190. The van der Waals surface area contributed by atoms with Crippen LogP contribution < -0.4 is 10.6 Å². The van der Waals surface area contributed by atoms with Gasteiger partial charge in [0.25, 0.3) is 0 Å². The van der Waals surface area contributed by atoms with Crippen LogP contribution in [0, 0.1) is 0 Å². The maximum absolute atomic E-state index is 10.9. The normalized spacial score (nSPS) is 12.6. The summed E-state index contributed by atoms with van der Waals surface area (Å²) in [6.45, 7) is 1.85. The van der Waals surface area contributed by atoms with Crippen molar-refractivity contribution in [3.05, 3.63) is 0 Å². The monoisotopic (exact) mass is 251 g/mol. The van der Waals surface area contributed by atoms with E-state index in [2.05, 4.69) is 15.6 Å². The van der Waals surface area contributed by atoms with Crippen molar-refractivity contribution in [3.63, 3.8) is 0 Å². The van der Waals surface area contributed by atoms with Crippen molar-refractivity contribution in [1.29, 1.82) is 0 Å². The van der Waals surface area contributed by atoms with Gasteiger partial charge in [-0.3, -0.25) is 4.99 Å². The Morgan fingerprint density at radius 3 is 2.44 bits per heavy atom. The lowest BCUT2D eigenvalue weighted by Gasteiger charge is -2.10. The molecule has 0 atom stereocenters. The number of ether oxygens (including phenoxy) is 1. The number of guanidine groups is 1. The Bertz CT molecular complexity index is 301. The molecule has 2 N–H and O–H groups in total. The van der Waals surface area contributed by atoms with Crippen LogP contribution in [-0.4, -0.2) is 60.2 Å². The molecule has 0 radical (unpaired) electrons. The van der Waals surface area contributed by atoms with Crippen LogP contribution in [0.3, 0.4) is 0 Å². The zero-order chi connectivity index (χ0) is 12.4. The van der Waals surface area contributed by atoms with E-state index in [9.17, 15) is 8.42 Å². The highest BCUT2D eigenvalue weighted by molar-refractivity contribution is 7.90. The van der Waals surface area contributed by atoms with Crippen molar-refractivity contribution in [2.75, 3.05) is 45.9 Å². The third kappa shape index (κ3) is 9.72. The molecule has 0 aliphatic carbocycles. The number of aliphatic imine (C=N–C) groups is 1. The van der Waals surface area contributed by atoms with Crippen LogP contribution in [-0.2, 0) is 14.6 Å². The average Bonchev–Trinajstić information content (AvgIpc) is 2.20. The standard InChI is InChI=1S/C9H21N3O3S/c1-10-9(12-6-7-15-2)11-5-4-8-16(3,13)14/h4-8H2,1-3H3,(H2,10,11,12). The van der Waals surface area contributed by atoms with Crippen LogP contribution in [0.5, 0.6) is 0 Å². The van der Waals surface area contributed by atoms with Gasteiger partial charge in [0.1, 0.15) is 9.84 Å². The van der Waals surface area contributed by atoms with Crippen LogP contribution in [0.1, 0.15) is 6.42 Å². The van der Waals surface area contributed by atoms with Crippen molar-refractivity contribution in [2.24, 2.45) is 4.99 Å². The third-order valence-electron chi connectivity index (χ3n) is 1.81. The Labute approximate surface area is 97.4 Å². The second kappa shape index (κ2) is 8.35. The lowest BCUT2D eigenvalue weighted by atomic mass is 10.5. The smallest absolute Gasteiger partial charge is 0.191 e. The summed E-state index contributed by atoms with van der Waals surface area (Å²) < 4.78 is 26.6. The second-order valence-corrected chi connectivity index (χ2v) is 5.66. The molecule has 0 rings (SSSR count). The lowest BCUT2D eigenvalue weighted by molar-refractivity contribution is 0.203. The number of rotatable bonds is 7. The summed E-state index contributed by atoms with van der Waals surface area (Å²) in [5.74, 6) is 0.847. The third-order valence-corrected chi connectivity index (χ3v) is 2.84. The summed E-state index contributed by atoms with van der Waals surface area (Å²) in [5.41, 5.74) is 0. The van der Waals surface area contributed by atoms with E-state index in [1.807, 2.05) is 0 Å². The van der Waals surface area contributed by atoms with Crippen LogP contribution in [0.4, 0.5) is 0 Å². The molecule has 0 aromatic carbocycles. The number of methoxy groups -OCH3 is 1. The number of sulfone groups is 1. The SMILES string of the molecule is CN=C(NCCCS(C)(=O)=O)NCCOC. The molecular formula is C9H21N3O3S. The van der Waals surface area contributed by atoms with Crippen LogP contribution in [0.2, 0.25) is 0 Å². The molecule has 0 bridgehead atoms. The van der Waals surface area contributed by atoms with Gasteiger partial charge in [0, 0.05) is 33.5 Å². The van der Waals surface area contributed by atoms with Gasteiger partial charge in [-0.05, 0) is 6.42 Å². The van der Waals surface area contributed by atoms with Gasteiger partial charge in [-0.15, -0.1) is 0 Å². The van der Waals surface area contributed by atoms with Gasteiger partial charge in [-0.1, -0.05) is 0 Å². The fourth-order valence-electron chi connectivity index (χ4n) is 1.03. The Morgan fingerprint density at radius 1 is 1.31 bits per heavy atom. The quantitative estimate of drug-likeness (QED) is 0.353. The fraction of sp³-hybridized carbons (Fsp3) is 0.889. The molecule has 0 spiro atoms. The zero-order valence-electron chi connectivity index (χ0n) is 10.1. The lowest BCUT2D eigenvalue weighted by Crippen LogP contribution is -2.39. The number of hydrogen-bond donors (Lipinski definition) is 2. The van der Waals surface area contributed by atoms with Gasteiger partial charge < -0.3 is 15.4 Å². The molecule has 0 heterocycles. The van der Waals surface area contributed by atoms with Gasteiger partial charge in [0.15, 0.2) is 5.96 Å². The predicted octanol–water partition coefficient (Wildman–Crippen LogP) is -0.767. The highest BCUT2D eigenvalue weighted by Gasteiger charge is 2.01. The maximum atomic E-state index is 10.9. The van der Waals surface area contributed by atoms with E-state index < -0.39 is 9.84 Å². The minimum atomic E-state index is -2.87. The Hall–Kier alpha value is -0.820. The molecule has 0 aromatic heterocycles. The molecular weight excluding hydrogens is 230 g/mol. The molecule has 0 saturated heterocycles. The molecule has 16 heavy (non-hydrogen) atoms. The first kappa shape index (κ1) is 15.2. The van der Waals surface area contributed by atoms with Crippen LogP contribution in [0.25, 0.3) is 0 Å². The van der Waals surface area contributed by atoms with Gasteiger partial charge in [0.2, 0.25) is 0 Å². The van der Waals surface area contributed by atoms with Crippen molar-refractivity contribution in [1.82, 2.24) is 10.6 Å². The number of hydrogen-bond acceptors (Lipinski definition) is 4. The molecule has 0 unspecified atom stereocenters. The first-order chi connectivity index (χ1) is 7.49. The Balaban J connectivity index is 3.64. The topological polar surface area (TPSA) is 79.8 Å². The van der Waals surface area contributed by atoms with Crippen molar-refractivity contribution in [2.45, 2.75) is 6.42 Å². The summed E-state index contributed by atoms with van der Waals surface area (Å²) in [6.07, 6.45) is 1.81. The van der Waals surface area contributed by atoms with Crippen LogP contribution >= 0.6 is 0 Å².